The molecule has 0 fully saturated rings. The number of nitrogens with zero attached hydrogens (tertiary/aromatic N) is 2. The number of phenolic OH excluding ortho intramolecular Hbond substituents is 1. The largest absolute Gasteiger partial charge is 0.504 e. The lowest BCUT2D eigenvalue weighted by atomic mass is 10.1. The fourth-order valence-electron chi connectivity index (χ4n) is 2.02. The quantitative estimate of drug-likeness (QED) is 0.496. The van der Waals surface area contributed by atoms with Crippen LogP contribution in [0.2, 0.25) is 0 Å². The maximum atomic E-state index is 12.0. The van der Waals surface area contributed by atoms with Gasteiger partial charge in [0.25, 0.3) is 11.6 Å². The normalized spacial score (nSPS) is 10.6. The molecule has 124 valence electrons. The number of amides is 1. The van der Waals surface area contributed by atoms with Crippen molar-refractivity contribution < 1.29 is 19.6 Å². The van der Waals surface area contributed by atoms with E-state index in [1.807, 2.05) is 6.07 Å². The topological polar surface area (TPSA) is 114 Å². The van der Waals surface area contributed by atoms with Crippen LogP contribution in [0.5, 0.6) is 11.5 Å². The van der Waals surface area contributed by atoms with Crippen LogP contribution >= 0.6 is 0 Å². The molecule has 0 saturated heterocycles. The zero-order chi connectivity index (χ0) is 17.7. The molecule has 0 aliphatic rings. The number of aryl methyl sites for hydroxylation is 1. The average Bonchev–Trinajstić information content (AvgIpc) is 2.56. The van der Waals surface area contributed by atoms with Crippen molar-refractivity contribution >= 4 is 17.8 Å². The van der Waals surface area contributed by atoms with Crippen LogP contribution in [0.3, 0.4) is 0 Å². The summed E-state index contributed by atoms with van der Waals surface area (Å²) in [5, 5.41) is 24.6. The molecular formula is C16H15N3O5. The monoisotopic (exact) mass is 329 g/mol. The number of aromatic hydroxyl groups is 1. The van der Waals surface area contributed by atoms with Crippen molar-refractivity contribution in [1.82, 2.24) is 5.43 Å². The molecule has 0 aromatic heterocycles. The van der Waals surface area contributed by atoms with Gasteiger partial charge in [0, 0.05) is 17.2 Å². The van der Waals surface area contributed by atoms with E-state index in [2.05, 4.69) is 10.5 Å². The number of hydrogen-bond acceptors (Lipinski definition) is 6. The molecule has 1 amide bonds. The van der Waals surface area contributed by atoms with Gasteiger partial charge in [0.05, 0.1) is 24.3 Å². The van der Waals surface area contributed by atoms with Gasteiger partial charge >= 0.3 is 0 Å². The second-order valence-corrected chi connectivity index (χ2v) is 4.86. The molecule has 2 aromatic rings. The summed E-state index contributed by atoms with van der Waals surface area (Å²) in [6.45, 7) is 1.79. The smallest absolute Gasteiger partial charge is 0.274 e. The molecule has 2 N–H and O–H groups in total. The van der Waals surface area contributed by atoms with Gasteiger partial charge in [0.2, 0.25) is 0 Å². The molecule has 8 nitrogen and oxygen atoms in total. The fourth-order valence-corrected chi connectivity index (χ4v) is 2.02. The molecule has 0 radical (unpaired) electrons. The fraction of sp³-hybridized carbons (Fsp3) is 0.125. The first kappa shape index (κ1) is 16.9. The summed E-state index contributed by atoms with van der Waals surface area (Å²) >= 11 is 0. The van der Waals surface area contributed by atoms with Gasteiger partial charge in [-0.3, -0.25) is 14.9 Å². The predicted molar refractivity (Wildman–Crippen MR) is 87.6 cm³/mol. The number of non-ortho nitro benzene ring substituents is 1. The Bertz CT molecular complexity index is 817. The Kier molecular flexibility index (Phi) is 5.10. The third-order valence-corrected chi connectivity index (χ3v) is 3.28. The molecule has 2 rings (SSSR count). The molecular weight excluding hydrogens is 314 g/mol. The maximum absolute atomic E-state index is 12.0. The number of rotatable bonds is 5. The van der Waals surface area contributed by atoms with Crippen molar-refractivity contribution in [3.8, 4) is 11.5 Å². The van der Waals surface area contributed by atoms with Gasteiger partial charge in [-0.15, -0.1) is 0 Å². The molecule has 0 aliphatic heterocycles. The Morgan fingerprint density at radius 1 is 1.38 bits per heavy atom. The van der Waals surface area contributed by atoms with Crippen LogP contribution in [0.1, 0.15) is 21.5 Å². The van der Waals surface area contributed by atoms with Crippen molar-refractivity contribution in [3.05, 3.63) is 63.2 Å². The Hall–Kier alpha value is -3.42. The van der Waals surface area contributed by atoms with E-state index < -0.39 is 10.8 Å². The lowest BCUT2D eigenvalue weighted by Gasteiger charge is -2.06. The average molecular weight is 329 g/mol. The van der Waals surface area contributed by atoms with E-state index in [1.54, 1.807) is 25.1 Å². The zero-order valence-corrected chi connectivity index (χ0v) is 13.0. The van der Waals surface area contributed by atoms with Crippen molar-refractivity contribution in [2.24, 2.45) is 5.10 Å². The zero-order valence-electron chi connectivity index (χ0n) is 13.0. The molecule has 0 spiro atoms. The molecule has 0 aliphatic carbocycles. The Morgan fingerprint density at radius 3 is 2.71 bits per heavy atom. The molecule has 24 heavy (non-hydrogen) atoms. The van der Waals surface area contributed by atoms with Crippen LogP contribution in [0.15, 0.2) is 41.5 Å². The van der Waals surface area contributed by atoms with E-state index in [0.717, 1.165) is 23.9 Å². The highest BCUT2D eigenvalue weighted by Crippen LogP contribution is 2.33. The van der Waals surface area contributed by atoms with E-state index in [1.165, 1.54) is 7.11 Å². The molecule has 0 atom stereocenters. The molecule has 0 heterocycles. The van der Waals surface area contributed by atoms with Gasteiger partial charge < -0.3 is 9.84 Å². The third-order valence-electron chi connectivity index (χ3n) is 3.28. The molecule has 8 heteroatoms. The Balaban J connectivity index is 2.23. The van der Waals surface area contributed by atoms with Crippen LogP contribution < -0.4 is 10.2 Å². The van der Waals surface area contributed by atoms with E-state index in [-0.39, 0.29) is 22.7 Å². The van der Waals surface area contributed by atoms with Gasteiger partial charge in [-0.25, -0.2) is 5.43 Å². The summed E-state index contributed by atoms with van der Waals surface area (Å²) < 4.78 is 4.89. The van der Waals surface area contributed by atoms with Crippen LogP contribution in [0.4, 0.5) is 5.69 Å². The first-order chi connectivity index (χ1) is 11.4. The first-order valence-electron chi connectivity index (χ1n) is 6.88. The van der Waals surface area contributed by atoms with Crippen molar-refractivity contribution in [3.63, 3.8) is 0 Å². The number of carbonyl (C=O) groups is 1. The SMILES string of the molecule is COc1cc([N+](=O)[O-])cc(/C=N/NC(=O)c2ccccc2C)c1O. The summed E-state index contributed by atoms with van der Waals surface area (Å²) in [5.41, 5.74) is 3.33. The second kappa shape index (κ2) is 7.23. The highest BCUT2D eigenvalue weighted by atomic mass is 16.6. The number of hydrogen-bond donors (Lipinski definition) is 2. The lowest BCUT2D eigenvalue weighted by molar-refractivity contribution is -0.385. The molecule has 2 aromatic carbocycles. The summed E-state index contributed by atoms with van der Waals surface area (Å²) in [5.74, 6) is -0.797. The predicted octanol–water partition coefficient (Wildman–Crippen LogP) is 2.38. The minimum atomic E-state index is -0.620. The van der Waals surface area contributed by atoms with Crippen LogP contribution in [0, 0.1) is 17.0 Å². The number of methoxy groups -OCH3 is 1. The number of nitro benzene ring substituents is 1. The number of nitrogens with one attached hydrogen (secondary N) is 1. The standard InChI is InChI=1S/C16H15N3O5/c1-10-5-3-4-6-13(10)16(21)18-17-9-11-7-12(19(22)23)8-14(24-2)15(11)20/h3-9,20H,1-2H3,(H,18,21)/b17-9+. The number of ether oxygens (including phenoxy) is 1. The van der Waals surface area contributed by atoms with E-state index in [4.69, 9.17) is 4.74 Å². The van der Waals surface area contributed by atoms with Crippen molar-refractivity contribution in [2.45, 2.75) is 6.92 Å². The summed E-state index contributed by atoms with van der Waals surface area (Å²) in [6, 6.07) is 9.19. The van der Waals surface area contributed by atoms with Gasteiger partial charge in [0.15, 0.2) is 11.5 Å². The molecule has 0 bridgehead atoms. The van der Waals surface area contributed by atoms with Crippen LogP contribution in [-0.2, 0) is 0 Å². The molecule has 0 unspecified atom stereocenters. The maximum Gasteiger partial charge on any atom is 0.274 e. The van der Waals surface area contributed by atoms with E-state index in [0.29, 0.717) is 5.56 Å². The number of hydrazone groups is 1. The van der Waals surface area contributed by atoms with Crippen molar-refractivity contribution in [2.75, 3.05) is 7.11 Å². The number of benzene rings is 2. The minimum Gasteiger partial charge on any atom is -0.504 e. The summed E-state index contributed by atoms with van der Waals surface area (Å²) in [6.07, 6.45) is 1.11. The summed E-state index contributed by atoms with van der Waals surface area (Å²) in [4.78, 5) is 22.3. The number of nitro groups is 1. The third kappa shape index (κ3) is 3.67. The Morgan fingerprint density at radius 2 is 2.08 bits per heavy atom. The van der Waals surface area contributed by atoms with E-state index in [9.17, 15) is 20.0 Å². The minimum absolute atomic E-state index is 0.0473. The summed E-state index contributed by atoms with van der Waals surface area (Å²) in [7, 11) is 1.28. The Labute approximate surface area is 137 Å². The van der Waals surface area contributed by atoms with Crippen molar-refractivity contribution in [1.29, 1.82) is 0 Å². The highest BCUT2D eigenvalue weighted by molar-refractivity contribution is 5.96. The van der Waals surface area contributed by atoms with Crippen LogP contribution in [-0.4, -0.2) is 29.3 Å². The number of carbonyl (C=O) groups excluding carboxylic acids is 1. The molecule has 0 saturated carbocycles. The second-order valence-electron chi connectivity index (χ2n) is 4.86. The van der Waals surface area contributed by atoms with E-state index >= 15 is 0 Å². The highest BCUT2D eigenvalue weighted by Gasteiger charge is 2.16. The lowest BCUT2D eigenvalue weighted by Crippen LogP contribution is -2.18. The number of phenols is 1. The van der Waals surface area contributed by atoms with Crippen LogP contribution in [0.25, 0.3) is 0 Å². The van der Waals surface area contributed by atoms with Gasteiger partial charge in [-0.05, 0) is 18.6 Å². The van der Waals surface area contributed by atoms with Gasteiger partial charge in [-0.2, -0.15) is 5.10 Å². The first-order valence-corrected chi connectivity index (χ1v) is 6.88. The van der Waals surface area contributed by atoms with Gasteiger partial charge in [0.1, 0.15) is 0 Å². The van der Waals surface area contributed by atoms with Gasteiger partial charge in [-0.1, -0.05) is 18.2 Å².